The van der Waals surface area contributed by atoms with Crippen LogP contribution < -0.4 is 10.1 Å². The average molecular weight is 360 g/mol. The lowest BCUT2D eigenvalue weighted by atomic mass is 10.2. The Morgan fingerprint density at radius 1 is 1.15 bits per heavy atom. The van der Waals surface area contributed by atoms with Crippen LogP contribution in [0.1, 0.15) is 21.6 Å². The number of amides is 1. The van der Waals surface area contributed by atoms with E-state index in [1.54, 1.807) is 30.7 Å². The Kier molecular flexibility index (Phi) is 4.21. The Hall–Kier alpha value is -3.81. The molecular formula is C19H16N6O2. The van der Waals surface area contributed by atoms with Gasteiger partial charge in [-0.1, -0.05) is 6.07 Å². The van der Waals surface area contributed by atoms with E-state index >= 15 is 0 Å². The van der Waals surface area contributed by atoms with Crippen molar-refractivity contribution in [1.29, 1.82) is 0 Å². The smallest absolute Gasteiger partial charge is 0.260 e. The number of hydrogen-bond donors (Lipinski definition) is 1. The molecule has 0 aliphatic heterocycles. The normalized spacial score (nSPS) is 10.7. The highest BCUT2D eigenvalue weighted by molar-refractivity contribution is 6.08. The number of nitrogens with zero attached hydrogens (tertiary/aromatic N) is 5. The molecule has 8 nitrogen and oxygen atoms in total. The van der Waals surface area contributed by atoms with E-state index in [0.717, 1.165) is 11.3 Å². The number of carbonyl (C=O) groups excluding carboxylic acids is 1. The van der Waals surface area contributed by atoms with Crippen LogP contribution >= 0.6 is 0 Å². The lowest BCUT2D eigenvalue weighted by Crippen LogP contribution is -2.15. The van der Waals surface area contributed by atoms with Crippen LogP contribution in [0.4, 0.5) is 5.82 Å². The van der Waals surface area contributed by atoms with Crippen molar-refractivity contribution in [2.24, 2.45) is 0 Å². The first-order valence-corrected chi connectivity index (χ1v) is 8.26. The molecule has 0 fully saturated rings. The second kappa shape index (κ2) is 6.83. The predicted octanol–water partition coefficient (Wildman–Crippen LogP) is 3.18. The van der Waals surface area contributed by atoms with E-state index in [1.807, 2.05) is 32.0 Å². The fourth-order valence-electron chi connectivity index (χ4n) is 2.64. The second-order valence-electron chi connectivity index (χ2n) is 6.04. The molecule has 4 aromatic heterocycles. The molecule has 4 aromatic rings. The molecule has 0 atom stereocenters. The number of aromatic nitrogens is 5. The van der Waals surface area contributed by atoms with Crippen molar-refractivity contribution in [1.82, 2.24) is 24.6 Å². The summed E-state index contributed by atoms with van der Waals surface area (Å²) in [5.74, 6) is 1.13. The SMILES string of the molecule is Cc1cncc(Oc2cc(C(=O)Nc3cccc(C)n3)c3ncnn3c2)c1. The van der Waals surface area contributed by atoms with Crippen LogP contribution in [0.5, 0.6) is 11.5 Å². The van der Waals surface area contributed by atoms with Gasteiger partial charge in [0.05, 0.1) is 18.0 Å². The first-order chi connectivity index (χ1) is 13.1. The predicted molar refractivity (Wildman–Crippen MR) is 99.0 cm³/mol. The quantitative estimate of drug-likeness (QED) is 0.601. The van der Waals surface area contributed by atoms with E-state index in [0.29, 0.717) is 28.5 Å². The number of rotatable bonds is 4. The highest BCUT2D eigenvalue weighted by atomic mass is 16.5. The molecule has 0 spiro atoms. The second-order valence-corrected chi connectivity index (χ2v) is 6.04. The summed E-state index contributed by atoms with van der Waals surface area (Å²) in [5.41, 5.74) is 2.53. The molecule has 0 aromatic carbocycles. The average Bonchev–Trinajstić information content (AvgIpc) is 3.09. The van der Waals surface area contributed by atoms with E-state index in [2.05, 4.69) is 25.4 Å². The lowest BCUT2D eigenvalue weighted by molar-refractivity contribution is 0.102. The van der Waals surface area contributed by atoms with Crippen LogP contribution in [0.25, 0.3) is 5.65 Å². The third kappa shape index (κ3) is 3.59. The monoisotopic (exact) mass is 360 g/mol. The molecule has 0 aliphatic rings. The summed E-state index contributed by atoms with van der Waals surface area (Å²) in [6.45, 7) is 3.78. The summed E-state index contributed by atoms with van der Waals surface area (Å²) in [7, 11) is 0. The van der Waals surface area contributed by atoms with Crippen molar-refractivity contribution in [3.63, 3.8) is 0 Å². The Balaban J connectivity index is 1.69. The maximum absolute atomic E-state index is 12.8. The van der Waals surface area contributed by atoms with Crippen LogP contribution in [0, 0.1) is 13.8 Å². The van der Waals surface area contributed by atoms with E-state index in [9.17, 15) is 4.79 Å². The van der Waals surface area contributed by atoms with Gasteiger partial charge in [-0.25, -0.2) is 14.5 Å². The fraction of sp³-hybridized carbons (Fsp3) is 0.105. The maximum atomic E-state index is 12.8. The number of anilines is 1. The minimum Gasteiger partial charge on any atom is -0.454 e. The first kappa shape index (κ1) is 16.6. The van der Waals surface area contributed by atoms with Gasteiger partial charge in [0.2, 0.25) is 0 Å². The van der Waals surface area contributed by atoms with Crippen LogP contribution in [-0.2, 0) is 0 Å². The van der Waals surface area contributed by atoms with Gasteiger partial charge in [-0.05, 0) is 43.7 Å². The van der Waals surface area contributed by atoms with Crippen LogP contribution in [-0.4, -0.2) is 30.5 Å². The highest BCUT2D eigenvalue weighted by Crippen LogP contribution is 2.24. The molecule has 27 heavy (non-hydrogen) atoms. The topological polar surface area (TPSA) is 94.3 Å². The Labute approximate surface area is 154 Å². The maximum Gasteiger partial charge on any atom is 0.260 e. The Bertz CT molecular complexity index is 1140. The standard InChI is InChI=1S/C19H16N6O2/c1-12-6-14(9-20-8-12)27-15-7-16(18-21-11-22-25(18)10-15)19(26)24-17-5-3-4-13(2)23-17/h3-11H,1-2H3,(H,23,24,26). The van der Waals surface area contributed by atoms with Gasteiger partial charge in [-0.15, -0.1) is 0 Å². The van der Waals surface area contributed by atoms with Crippen molar-refractivity contribution in [3.8, 4) is 11.5 Å². The van der Waals surface area contributed by atoms with Gasteiger partial charge in [-0.2, -0.15) is 5.10 Å². The molecule has 4 rings (SSSR count). The van der Waals surface area contributed by atoms with Gasteiger partial charge in [0.1, 0.15) is 23.6 Å². The van der Waals surface area contributed by atoms with Crippen molar-refractivity contribution >= 4 is 17.4 Å². The molecule has 0 aliphatic carbocycles. The summed E-state index contributed by atoms with van der Waals surface area (Å²) in [6.07, 6.45) is 6.39. The zero-order chi connectivity index (χ0) is 18.8. The molecule has 8 heteroatoms. The molecule has 0 bridgehead atoms. The van der Waals surface area contributed by atoms with E-state index < -0.39 is 0 Å². The third-order valence-electron chi connectivity index (χ3n) is 3.81. The Morgan fingerprint density at radius 2 is 2.04 bits per heavy atom. The summed E-state index contributed by atoms with van der Waals surface area (Å²) < 4.78 is 7.35. The number of ether oxygens (including phenoxy) is 1. The highest BCUT2D eigenvalue weighted by Gasteiger charge is 2.16. The minimum atomic E-state index is -0.348. The van der Waals surface area contributed by atoms with E-state index in [-0.39, 0.29) is 5.91 Å². The zero-order valence-electron chi connectivity index (χ0n) is 14.7. The molecule has 0 saturated carbocycles. The van der Waals surface area contributed by atoms with Gasteiger partial charge in [-0.3, -0.25) is 9.78 Å². The summed E-state index contributed by atoms with van der Waals surface area (Å²) in [5, 5.41) is 6.90. The largest absolute Gasteiger partial charge is 0.454 e. The van der Waals surface area contributed by atoms with Gasteiger partial charge in [0.15, 0.2) is 5.65 Å². The minimum absolute atomic E-state index is 0.328. The van der Waals surface area contributed by atoms with E-state index in [4.69, 9.17) is 4.74 Å². The number of hydrogen-bond acceptors (Lipinski definition) is 6. The molecule has 134 valence electrons. The van der Waals surface area contributed by atoms with Crippen molar-refractivity contribution in [2.45, 2.75) is 13.8 Å². The molecule has 0 unspecified atom stereocenters. The molecular weight excluding hydrogens is 344 g/mol. The molecule has 1 amide bonds. The first-order valence-electron chi connectivity index (χ1n) is 8.26. The van der Waals surface area contributed by atoms with Crippen LogP contribution in [0.2, 0.25) is 0 Å². The van der Waals surface area contributed by atoms with Crippen molar-refractivity contribution in [3.05, 3.63) is 72.1 Å². The van der Waals surface area contributed by atoms with Gasteiger partial charge in [0.25, 0.3) is 5.91 Å². The van der Waals surface area contributed by atoms with E-state index in [1.165, 1.54) is 10.8 Å². The number of fused-ring (bicyclic) bond motifs is 1. The van der Waals surface area contributed by atoms with Crippen molar-refractivity contribution in [2.75, 3.05) is 5.32 Å². The van der Waals surface area contributed by atoms with Crippen LogP contribution in [0.3, 0.4) is 0 Å². The zero-order valence-corrected chi connectivity index (χ0v) is 14.7. The molecule has 1 N–H and O–H groups in total. The van der Waals surface area contributed by atoms with Gasteiger partial charge in [0, 0.05) is 11.9 Å². The lowest BCUT2D eigenvalue weighted by Gasteiger charge is -2.10. The molecule has 4 heterocycles. The Morgan fingerprint density at radius 3 is 2.85 bits per heavy atom. The van der Waals surface area contributed by atoms with Gasteiger partial charge < -0.3 is 10.1 Å². The number of aryl methyl sites for hydroxylation is 2. The molecule has 0 saturated heterocycles. The van der Waals surface area contributed by atoms with Gasteiger partial charge >= 0.3 is 0 Å². The summed E-state index contributed by atoms with van der Waals surface area (Å²) in [6, 6.07) is 8.89. The third-order valence-corrected chi connectivity index (χ3v) is 3.81. The van der Waals surface area contributed by atoms with Crippen molar-refractivity contribution < 1.29 is 9.53 Å². The fourth-order valence-corrected chi connectivity index (χ4v) is 2.64. The summed E-state index contributed by atoms with van der Waals surface area (Å²) in [4.78, 5) is 25.4. The number of nitrogens with one attached hydrogen (secondary N) is 1. The summed E-state index contributed by atoms with van der Waals surface area (Å²) >= 11 is 0. The van der Waals surface area contributed by atoms with Crippen LogP contribution in [0.15, 0.2) is 55.2 Å². The number of pyridine rings is 3. The molecule has 0 radical (unpaired) electrons. The number of carbonyl (C=O) groups is 1.